The van der Waals surface area contributed by atoms with Crippen LogP contribution in [0.5, 0.6) is 0 Å². The summed E-state index contributed by atoms with van der Waals surface area (Å²) in [4.78, 5) is 0. The van der Waals surface area contributed by atoms with Crippen molar-refractivity contribution in [3.8, 4) is 0 Å². The molecule has 0 N–H and O–H groups in total. The van der Waals surface area contributed by atoms with Gasteiger partial charge in [-0.1, -0.05) is 37.3 Å². The Morgan fingerprint density at radius 3 is 2.24 bits per heavy atom. The normalized spacial score (nSPS) is 18.4. The maximum atomic E-state index is 2.32. The van der Waals surface area contributed by atoms with Crippen LogP contribution >= 0.6 is 0 Å². The van der Waals surface area contributed by atoms with Crippen molar-refractivity contribution in [3.05, 3.63) is 35.9 Å². The van der Waals surface area contributed by atoms with Gasteiger partial charge in [0.2, 0.25) is 0 Å². The van der Waals surface area contributed by atoms with Gasteiger partial charge in [-0.3, -0.25) is 0 Å². The largest absolute Gasteiger partial charge is 1.00 e. The van der Waals surface area contributed by atoms with Crippen molar-refractivity contribution in [1.29, 1.82) is 0 Å². The first-order chi connectivity index (χ1) is 7.85. The zero-order valence-electron chi connectivity index (χ0n) is 10.9. The van der Waals surface area contributed by atoms with Crippen molar-refractivity contribution in [2.45, 2.75) is 39.2 Å². The smallest absolute Gasteiger partial charge is 0.104 e. The van der Waals surface area contributed by atoms with Crippen molar-refractivity contribution in [1.82, 2.24) is 0 Å². The Labute approximate surface area is 123 Å². The number of hydrogen-bond donors (Lipinski definition) is 0. The fraction of sp³-hybridized carbons (Fsp3) is 0.600. The third-order valence-corrected chi connectivity index (χ3v) is 3.82. The van der Waals surface area contributed by atoms with Gasteiger partial charge in [0.1, 0.15) is 6.54 Å². The Kier molecular flexibility index (Phi) is 6.49. The van der Waals surface area contributed by atoms with E-state index in [9.17, 15) is 0 Å². The number of halogens is 1. The monoisotopic (exact) mass is 345 g/mol. The predicted molar refractivity (Wildman–Crippen MR) is 69.1 cm³/mol. The first-order valence-corrected chi connectivity index (χ1v) is 6.74. The highest BCUT2D eigenvalue weighted by Gasteiger charge is 2.28. The van der Waals surface area contributed by atoms with E-state index in [1.54, 1.807) is 0 Å². The van der Waals surface area contributed by atoms with Gasteiger partial charge < -0.3 is 28.5 Å². The summed E-state index contributed by atoms with van der Waals surface area (Å²) in [5.74, 6) is 0. The molecule has 1 aromatic rings. The second-order valence-corrected chi connectivity index (χ2v) is 5.22. The number of hydrogen-bond acceptors (Lipinski definition) is 0. The van der Waals surface area contributed by atoms with Gasteiger partial charge >= 0.3 is 0 Å². The Hall–Kier alpha value is -0.0900. The average Bonchev–Trinajstić information content (AvgIpc) is 2.31. The highest BCUT2D eigenvalue weighted by atomic mass is 127. The number of nitrogens with zero attached hydrogens (tertiary/aromatic N) is 1. The molecular formula is C15H24IN. The molecule has 0 radical (unpaired) electrons. The fourth-order valence-electron chi connectivity index (χ4n) is 3.09. The molecule has 1 aromatic carbocycles. The highest BCUT2D eigenvalue weighted by Crippen LogP contribution is 2.23. The summed E-state index contributed by atoms with van der Waals surface area (Å²) >= 11 is 0. The first-order valence-electron chi connectivity index (χ1n) is 6.74. The molecular weight excluding hydrogens is 321 g/mol. The van der Waals surface area contributed by atoms with Gasteiger partial charge in [0.15, 0.2) is 0 Å². The lowest BCUT2D eigenvalue weighted by atomic mass is 10.0. The molecule has 17 heavy (non-hydrogen) atoms. The summed E-state index contributed by atoms with van der Waals surface area (Å²) in [5, 5.41) is 0. The van der Waals surface area contributed by atoms with Crippen LogP contribution in [0, 0.1) is 0 Å². The molecule has 1 fully saturated rings. The molecule has 96 valence electrons. The van der Waals surface area contributed by atoms with Crippen molar-refractivity contribution in [2.24, 2.45) is 0 Å². The van der Waals surface area contributed by atoms with Crippen LogP contribution in [0.1, 0.15) is 38.2 Å². The van der Waals surface area contributed by atoms with E-state index in [4.69, 9.17) is 0 Å². The molecule has 0 spiro atoms. The molecule has 2 heteroatoms. The zero-order chi connectivity index (χ0) is 11.3. The molecule has 0 bridgehead atoms. The van der Waals surface area contributed by atoms with Crippen LogP contribution in [0.3, 0.4) is 0 Å². The minimum Gasteiger partial charge on any atom is -1.00 e. The van der Waals surface area contributed by atoms with Gasteiger partial charge in [0, 0.05) is 5.56 Å². The van der Waals surface area contributed by atoms with E-state index in [2.05, 4.69) is 37.3 Å². The topological polar surface area (TPSA) is 0 Å². The van der Waals surface area contributed by atoms with E-state index < -0.39 is 0 Å². The average molecular weight is 345 g/mol. The molecule has 2 rings (SSSR count). The maximum absolute atomic E-state index is 2.32. The van der Waals surface area contributed by atoms with Crippen molar-refractivity contribution < 1.29 is 28.5 Å². The van der Waals surface area contributed by atoms with Gasteiger partial charge in [-0.2, -0.15) is 0 Å². The van der Waals surface area contributed by atoms with Crippen LogP contribution in [-0.2, 0) is 6.54 Å². The summed E-state index contributed by atoms with van der Waals surface area (Å²) in [6.45, 7) is 7.70. The van der Waals surface area contributed by atoms with Crippen LogP contribution < -0.4 is 24.0 Å². The van der Waals surface area contributed by atoms with Crippen molar-refractivity contribution >= 4 is 0 Å². The van der Waals surface area contributed by atoms with E-state index >= 15 is 0 Å². The quantitative estimate of drug-likeness (QED) is 0.554. The van der Waals surface area contributed by atoms with E-state index in [-0.39, 0.29) is 24.0 Å². The Morgan fingerprint density at radius 1 is 1.00 bits per heavy atom. The second-order valence-electron chi connectivity index (χ2n) is 5.22. The summed E-state index contributed by atoms with van der Waals surface area (Å²) in [6.07, 6.45) is 5.60. The lowest BCUT2D eigenvalue weighted by Crippen LogP contribution is -3.00. The van der Waals surface area contributed by atoms with Gasteiger partial charge in [0.05, 0.1) is 19.6 Å². The number of quaternary nitrogens is 1. The second kappa shape index (κ2) is 7.37. The standard InChI is InChI=1S/C15H24N.HI/c1-2-11-16(12-7-4-8-13-16)14-15-9-5-3-6-10-15;/h3,5-6,9-10H,2,4,7-8,11-14H2,1H3;1H/q+1;/p-1. The molecule has 1 aliphatic rings. The summed E-state index contributed by atoms with van der Waals surface area (Å²) in [7, 11) is 0. The summed E-state index contributed by atoms with van der Waals surface area (Å²) in [5.41, 5.74) is 1.51. The van der Waals surface area contributed by atoms with Crippen molar-refractivity contribution in [2.75, 3.05) is 19.6 Å². The molecule has 0 aliphatic carbocycles. The van der Waals surface area contributed by atoms with Crippen LogP contribution in [0.2, 0.25) is 0 Å². The number of piperidine rings is 1. The fourth-order valence-corrected chi connectivity index (χ4v) is 3.09. The Morgan fingerprint density at radius 2 is 1.65 bits per heavy atom. The Balaban J connectivity index is 0.00000144. The summed E-state index contributed by atoms with van der Waals surface area (Å²) < 4.78 is 1.33. The molecule has 1 aliphatic heterocycles. The number of rotatable bonds is 4. The molecule has 0 unspecified atom stereocenters. The highest BCUT2D eigenvalue weighted by molar-refractivity contribution is 5.13. The van der Waals surface area contributed by atoms with Gasteiger partial charge in [-0.15, -0.1) is 0 Å². The number of likely N-dealkylation sites (tertiary alicyclic amines) is 1. The first kappa shape index (κ1) is 15.0. The maximum Gasteiger partial charge on any atom is 0.104 e. The molecule has 0 atom stereocenters. The molecule has 1 nitrogen and oxygen atoms in total. The lowest BCUT2D eigenvalue weighted by Gasteiger charge is -2.41. The third kappa shape index (κ3) is 4.25. The van der Waals surface area contributed by atoms with Gasteiger partial charge in [-0.05, 0) is 25.7 Å². The minimum atomic E-state index is 0. The van der Waals surface area contributed by atoms with Crippen LogP contribution in [-0.4, -0.2) is 24.1 Å². The molecule has 0 amide bonds. The predicted octanol–water partition coefficient (Wildman–Crippen LogP) is 0.601. The van der Waals surface area contributed by atoms with E-state index in [0.29, 0.717) is 0 Å². The molecule has 0 saturated carbocycles. The van der Waals surface area contributed by atoms with Gasteiger partial charge in [0.25, 0.3) is 0 Å². The zero-order valence-corrected chi connectivity index (χ0v) is 13.0. The van der Waals surface area contributed by atoms with E-state index in [1.807, 2.05) is 0 Å². The third-order valence-electron chi connectivity index (χ3n) is 3.82. The van der Waals surface area contributed by atoms with E-state index in [0.717, 1.165) is 0 Å². The molecule has 0 aromatic heterocycles. The van der Waals surface area contributed by atoms with Crippen LogP contribution in [0.25, 0.3) is 0 Å². The van der Waals surface area contributed by atoms with Gasteiger partial charge in [-0.25, -0.2) is 0 Å². The summed E-state index contributed by atoms with van der Waals surface area (Å²) in [6, 6.07) is 11.0. The minimum absolute atomic E-state index is 0. The molecule has 1 heterocycles. The van der Waals surface area contributed by atoms with Crippen LogP contribution in [0.4, 0.5) is 0 Å². The van der Waals surface area contributed by atoms with E-state index in [1.165, 1.54) is 61.9 Å². The number of benzene rings is 1. The SMILES string of the molecule is CCC[N+]1(Cc2ccccc2)CCCCC1.[I-]. The lowest BCUT2D eigenvalue weighted by molar-refractivity contribution is -0.945. The molecule has 1 saturated heterocycles. The van der Waals surface area contributed by atoms with Crippen LogP contribution in [0.15, 0.2) is 30.3 Å². The van der Waals surface area contributed by atoms with Crippen molar-refractivity contribution in [3.63, 3.8) is 0 Å². The Bertz CT molecular complexity index is 298.